The molecule has 4 N–H and O–H groups in total. The van der Waals surface area contributed by atoms with Gasteiger partial charge in [-0.2, -0.15) is 8.42 Å². The zero-order valence-electron chi connectivity index (χ0n) is 15.7. The minimum Gasteiger partial charge on any atom is -0.387 e. The Balaban J connectivity index is 1.63. The predicted molar refractivity (Wildman–Crippen MR) is 103 cm³/mol. The van der Waals surface area contributed by atoms with Gasteiger partial charge >= 0.3 is 10.3 Å². The van der Waals surface area contributed by atoms with Gasteiger partial charge in [0, 0.05) is 0 Å². The molecule has 0 spiro atoms. The Morgan fingerprint density at radius 3 is 2.71 bits per heavy atom. The van der Waals surface area contributed by atoms with Crippen LogP contribution in [0.5, 0.6) is 0 Å². The van der Waals surface area contributed by atoms with E-state index in [0.717, 1.165) is 0 Å². The number of nitrogens with zero attached hydrogens (tertiary/aromatic N) is 4. The fourth-order valence-electron chi connectivity index (χ4n) is 3.08. The van der Waals surface area contributed by atoms with Gasteiger partial charge in [0.25, 0.3) is 0 Å². The van der Waals surface area contributed by atoms with Crippen molar-refractivity contribution in [1.29, 1.82) is 0 Å². The Labute approximate surface area is 175 Å². The van der Waals surface area contributed by atoms with Crippen molar-refractivity contribution in [2.45, 2.75) is 24.5 Å². The lowest BCUT2D eigenvalue weighted by atomic mass is 10.1. The average molecular weight is 449 g/mol. The maximum atomic E-state index is 13.8. The largest absolute Gasteiger partial charge is 0.387 e. The molecule has 0 amide bonds. The highest BCUT2D eigenvalue weighted by atomic mass is 32.2. The summed E-state index contributed by atoms with van der Waals surface area (Å²) < 4.78 is 47.1. The van der Waals surface area contributed by atoms with Gasteiger partial charge in [-0.25, -0.2) is 24.5 Å². The molecule has 0 saturated carbocycles. The molecule has 2 aromatic heterocycles. The molecule has 1 fully saturated rings. The van der Waals surface area contributed by atoms with Gasteiger partial charge in [0.15, 0.2) is 11.9 Å². The summed E-state index contributed by atoms with van der Waals surface area (Å²) in [5.74, 6) is 4.95. The molecule has 4 atom stereocenters. The van der Waals surface area contributed by atoms with Crippen molar-refractivity contribution >= 4 is 21.5 Å². The van der Waals surface area contributed by atoms with E-state index < -0.39 is 47.3 Å². The number of benzene rings is 1. The van der Waals surface area contributed by atoms with Gasteiger partial charge in [-0.05, 0) is 18.1 Å². The summed E-state index contributed by atoms with van der Waals surface area (Å²) in [5.41, 5.74) is 0.899. The van der Waals surface area contributed by atoms with Crippen LogP contribution in [0, 0.1) is 17.7 Å². The number of hydrogen-bond donors (Lipinski definition) is 3. The van der Waals surface area contributed by atoms with Crippen molar-refractivity contribution < 1.29 is 31.9 Å². The zero-order chi connectivity index (χ0) is 22.2. The molecule has 1 aliphatic rings. The summed E-state index contributed by atoms with van der Waals surface area (Å²) in [7, 11) is -4.25. The molecule has 1 aromatic carbocycles. The minimum atomic E-state index is -4.25. The molecule has 1 aliphatic heterocycles. The molecule has 0 radical (unpaired) electrons. The first-order chi connectivity index (χ1) is 14.7. The van der Waals surface area contributed by atoms with Crippen molar-refractivity contribution in [3.63, 3.8) is 0 Å². The van der Waals surface area contributed by atoms with Crippen molar-refractivity contribution in [2.24, 2.45) is 5.14 Å². The number of fused-ring (bicyclic) bond motifs is 1. The van der Waals surface area contributed by atoms with Gasteiger partial charge in [-0.3, -0.25) is 8.75 Å². The standard InChI is InChI=1S/C18H16FN5O6S/c19-11-4-2-1-3-10(11)5-6-12-14-17(22-8-21-12)24(9-23-14)18-16(26)15(25)13(30-18)7-29-31(20,27)28/h1-4,8-9,13,15-16,18,25-26H,7H2,(H2,20,27,28)/t13-,15-,16-,18-/m1/s1. The minimum absolute atomic E-state index is 0.184. The highest BCUT2D eigenvalue weighted by Gasteiger charge is 2.44. The van der Waals surface area contributed by atoms with Gasteiger partial charge < -0.3 is 14.9 Å². The third-order valence-corrected chi connectivity index (χ3v) is 5.02. The number of rotatable bonds is 4. The van der Waals surface area contributed by atoms with Crippen molar-refractivity contribution in [3.8, 4) is 11.8 Å². The summed E-state index contributed by atoms with van der Waals surface area (Å²) in [6, 6.07) is 6.01. The second-order valence-electron chi connectivity index (χ2n) is 6.60. The molecule has 1 saturated heterocycles. The lowest BCUT2D eigenvalue weighted by molar-refractivity contribution is -0.0467. The number of nitrogens with two attached hydrogens (primary N) is 1. The molecule has 4 rings (SSSR count). The summed E-state index contributed by atoms with van der Waals surface area (Å²) >= 11 is 0. The number of aliphatic hydroxyl groups is 2. The predicted octanol–water partition coefficient (Wildman–Crippen LogP) is -0.796. The van der Waals surface area contributed by atoms with Crippen LogP contribution in [0.25, 0.3) is 11.2 Å². The molecule has 3 aromatic rings. The van der Waals surface area contributed by atoms with Crippen LogP contribution >= 0.6 is 0 Å². The van der Waals surface area contributed by atoms with E-state index in [9.17, 15) is 23.0 Å². The van der Waals surface area contributed by atoms with Gasteiger partial charge in [-0.1, -0.05) is 18.1 Å². The monoisotopic (exact) mass is 449 g/mol. The molecule has 0 bridgehead atoms. The third kappa shape index (κ3) is 4.39. The highest BCUT2D eigenvalue weighted by Crippen LogP contribution is 2.31. The van der Waals surface area contributed by atoms with Crippen molar-refractivity contribution in [3.05, 3.63) is 54.0 Å². The molecular weight excluding hydrogens is 433 g/mol. The topological polar surface area (TPSA) is 163 Å². The Morgan fingerprint density at radius 1 is 1.19 bits per heavy atom. The number of imidazole rings is 1. The fraction of sp³-hybridized carbons (Fsp3) is 0.278. The van der Waals surface area contributed by atoms with E-state index in [-0.39, 0.29) is 22.4 Å². The lowest BCUT2D eigenvalue weighted by Crippen LogP contribution is -2.35. The summed E-state index contributed by atoms with van der Waals surface area (Å²) in [4.78, 5) is 12.4. The van der Waals surface area contributed by atoms with Gasteiger partial charge in [0.05, 0.1) is 18.5 Å². The third-order valence-electron chi connectivity index (χ3n) is 4.56. The van der Waals surface area contributed by atoms with Crippen LogP contribution in [0.2, 0.25) is 0 Å². The molecule has 31 heavy (non-hydrogen) atoms. The quantitative estimate of drug-likeness (QED) is 0.433. The van der Waals surface area contributed by atoms with Crippen LogP contribution in [0.3, 0.4) is 0 Å². The zero-order valence-corrected chi connectivity index (χ0v) is 16.5. The van der Waals surface area contributed by atoms with E-state index in [1.165, 1.54) is 29.4 Å². The van der Waals surface area contributed by atoms with E-state index in [4.69, 9.17) is 9.88 Å². The molecular formula is C18H16FN5O6S. The first-order valence-electron chi connectivity index (χ1n) is 8.87. The molecule has 0 aliphatic carbocycles. The smallest absolute Gasteiger partial charge is 0.333 e. The molecule has 0 unspecified atom stereocenters. The number of aromatic nitrogens is 4. The van der Waals surface area contributed by atoms with E-state index in [1.54, 1.807) is 12.1 Å². The number of hydrogen-bond acceptors (Lipinski definition) is 9. The van der Waals surface area contributed by atoms with Crippen LogP contribution in [0.15, 0.2) is 36.9 Å². The second kappa shape index (κ2) is 8.27. The number of halogens is 1. The van der Waals surface area contributed by atoms with Gasteiger partial charge in [0.1, 0.15) is 41.7 Å². The van der Waals surface area contributed by atoms with Crippen LogP contribution in [-0.2, 0) is 19.2 Å². The average Bonchev–Trinajstić information content (AvgIpc) is 3.27. The molecule has 11 nitrogen and oxygen atoms in total. The van der Waals surface area contributed by atoms with E-state index >= 15 is 0 Å². The Bertz CT molecular complexity index is 1290. The second-order valence-corrected chi connectivity index (χ2v) is 7.82. The van der Waals surface area contributed by atoms with Crippen LogP contribution in [-0.4, -0.2) is 63.1 Å². The number of aliphatic hydroxyl groups excluding tert-OH is 2. The van der Waals surface area contributed by atoms with E-state index in [1.807, 2.05) is 0 Å². The fourth-order valence-corrected chi connectivity index (χ4v) is 3.40. The Hall–Kier alpha value is -2.99. The normalized spacial score (nSPS) is 23.6. The first-order valence-corrected chi connectivity index (χ1v) is 10.3. The Morgan fingerprint density at radius 2 is 1.97 bits per heavy atom. The van der Waals surface area contributed by atoms with Gasteiger partial charge in [0.2, 0.25) is 0 Å². The molecule has 13 heteroatoms. The van der Waals surface area contributed by atoms with Crippen LogP contribution in [0.1, 0.15) is 17.5 Å². The Kier molecular flexibility index (Phi) is 5.67. The van der Waals surface area contributed by atoms with Crippen LogP contribution < -0.4 is 5.14 Å². The van der Waals surface area contributed by atoms with E-state index in [0.29, 0.717) is 0 Å². The summed E-state index contributed by atoms with van der Waals surface area (Å²) in [6.45, 7) is -0.589. The molecule has 162 valence electrons. The summed E-state index contributed by atoms with van der Waals surface area (Å²) in [5, 5.41) is 25.3. The maximum Gasteiger partial charge on any atom is 0.333 e. The van der Waals surface area contributed by atoms with Crippen LogP contribution in [0.4, 0.5) is 4.39 Å². The first kappa shape index (κ1) is 21.2. The molecule has 3 heterocycles. The lowest BCUT2D eigenvalue weighted by Gasteiger charge is -2.16. The maximum absolute atomic E-state index is 13.8. The van der Waals surface area contributed by atoms with Crippen molar-refractivity contribution in [1.82, 2.24) is 19.5 Å². The number of ether oxygens (including phenoxy) is 1. The summed E-state index contributed by atoms with van der Waals surface area (Å²) in [6.07, 6.45) is -2.68. The van der Waals surface area contributed by atoms with Crippen molar-refractivity contribution in [2.75, 3.05) is 6.61 Å². The SMILES string of the molecule is NS(=O)(=O)OC[C@H]1O[C@@H](n2cnc3c(C#Cc4ccccc4F)ncnc32)[C@H](O)[C@@H]1O. The van der Waals surface area contributed by atoms with Gasteiger partial charge in [-0.15, -0.1) is 0 Å². The highest BCUT2D eigenvalue weighted by molar-refractivity contribution is 7.84. The van der Waals surface area contributed by atoms with E-state index in [2.05, 4.69) is 31.0 Å².